The number of aromatic nitrogens is 5. The topological polar surface area (TPSA) is 93.0 Å². The molecule has 1 saturated heterocycles. The number of fused-ring (bicyclic) bond motifs is 1. The van der Waals surface area contributed by atoms with Crippen LogP contribution in [-0.4, -0.2) is 63.1 Å². The minimum Gasteiger partial charge on any atom is -0.380 e. The number of piperazine rings is 1. The molecule has 9 nitrogen and oxygen atoms in total. The Morgan fingerprint density at radius 3 is 2.65 bits per heavy atom. The Hall–Kier alpha value is -2.78. The van der Waals surface area contributed by atoms with E-state index in [0.29, 0.717) is 31.8 Å². The van der Waals surface area contributed by atoms with Crippen LogP contribution < -0.4 is 15.5 Å². The molecule has 0 saturated carbocycles. The van der Waals surface area contributed by atoms with E-state index in [0.717, 1.165) is 53.8 Å². The molecule has 1 fully saturated rings. The fourth-order valence-electron chi connectivity index (χ4n) is 4.10. The first kappa shape index (κ1) is 21.5. The summed E-state index contributed by atoms with van der Waals surface area (Å²) in [5.74, 6) is 2.19. The van der Waals surface area contributed by atoms with Crippen molar-refractivity contribution in [3.05, 3.63) is 30.1 Å². The van der Waals surface area contributed by atoms with Crippen LogP contribution >= 0.6 is 0 Å². The average molecular weight is 425 g/mol. The Bertz CT molecular complexity index is 996. The molecule has 1 aliphatic rings. The van der Waals surface area contributed by atoms with E-state index in [9.17, 15) is 0 Å². The van der Waals surface area contributed by atoms with Crippen LogP contribution in [0.4, 0.5) is 17.6 Å². The highest BCUT2D eigenvalue weighted by molar-refractivity contribution is 5.90. The summed E-state index contributed by atoms with van der Waals surface area (Å²) in [5, 5.41) is 11.8. The van der Waals surface area contributed by atoms with Crippen LogP contribution in [0.3, 0.4) is 0 Å². The fraction of sp³-hybridized carbons (Fsp3) is 0.545. The molecule has 0 aromatic carbocycles. The number of pyridine rings is 1. The normalized spacial score (nSPS) is 19.2. The van der Waals surface area contributed by atoms with E-state index in [2.05, 4.69) is 41.3 Å². The zero-order valence-electron chi connectivity index (χ0n) is 18.8. The molecule has 1 aliphatic heterocycles. The standard InChI is InChI=1S/C22H32N8O/c1-5-17-19-20(30(28-17)11-12-31-6-2)21(25-18-9-7-8-10-23-18)27-22(26-19)29-13-15(3)24-16(4)14-29/h7-10,15-16,24H,5-6,11-14H2,1-4H3,(H,23,25,26,27)/t15-,16+. The van der Waals surface area contributed by atoms with E-state index in [1.807, 2.05) is 29.8 Å². The van der Waals surface area contributed by atoms with Gasteiger partial charge in [0, 0.05) is 38.0 Å². The van der Waals surface area contributed by atoms with Gasteiger partial charge in [-0.2, -0.15) is 10.1 Å². The van der Waals surface area contributed by atoms with Crippen LogP contribution in [0, 0.1) is 0 Å². The van der Waals surface area contributed by atoms with Gasteiger partial charge in [0.25, 0.3) is 0 Å². The summed E-state index contributed by atoms with van der Waals surface area (Å²) >= 11 is 0. The number of nitrogens with one attached hydrogen (secondary N) is 2. The van der Waals surface area contributed by atoms with Crippen LogP contribution in [0.15, 0.2) is 24.4 Å². The lowest BCUT2D eigenvalue weighted by Gasteiger charge is -2.36. The minimum atomic E-state index is 0.370. The Morgan fingerprint density at radius 2 is 1.97 bits per heavy atom. The molecule has 4 rings (SSSR count). The molecule has 166 valence electrons. The van der Waals surface area contributed by atoms with Gasteiger partial charge in [-0.15, -0.1) is 0 Å². The van der Waals surface area contributed by atoms with Crippen molar-refractivity contribution >= 4 is 28.6 Å². The van der Waals surface area contributed by atoms with Crippen LogP contribution in [0.5, 0.6) is 0 Å². The van der Waals surface area contributed by atoms with Gasteiger partial charge in [-0.05, 0) is 39.3 Å². The predicted octanol–water partition coefficient (Wildman–Crippen LogP) is 2.75. The van der Waals surface area contributed by atoms with Crippen molar-refractivity contribution < 1.29 is 4.74 Å². The molecule has 0 bridgehead atoms. The van der Waals surface area contributed by atoms with Crippen LogP contribution in [-0.2, 0) is 17.7 Å². The van der Waals surface area contributed by atoms with Crippen LogP contribution in [0.1, 0.15) is 33.4 Å². The van der Waals surface area contributed by atoms with Crippen molar-refractivity contribution in [3.8, 4) is 0 Å². The Kier molecular flexibility index (Phi) is 6.62. The van der Waals surface area contributed by atoms with Crippen molar-refractivity contribution in [2.75, 3.05) is 36.5 Å². The summed E-state index contributed by atoms with van der Waals surface area (Å²) in [6, 6.07) is 6.53. The molecule has 0 amide bonds. The number of ether oxygens (including phenoxy) is 1. The third kappa shape index (κ3) is 4.77. The first-order chi connectivity index (χ1) is 15.1. The average Bonchev–Trinajstić information content (AvgIpc) is 3.12. The second kappa shape index (κ2) is 9.57. The van der Waals surface area contributed by atoms with Crippen molar-refractivity contribution in [2.45, 2.75) is 52.7 Å². The molecule has 2 atom stereocenters. The van der Waals surface area contributed by atoms with Gasteiger partial charge in [0.05, 0.1) is 18.8 Å². The highest BCUT2D eigenvalue weighted by atomic mass is 16.5. The quantitative estimate of drug-likeness (QED) is 0.533. The highest BCUT2D eigenvalue weighted by Gasteiger charge is 2.26. The molecule has 0 radical (unpaired) electrons. The van der Waals surface area contributed by atoms with Gasteiger partial charge in [-0.25, -0.2) is 9.97 Å². The van der Waals surface area contributed by atoms with Gasteiger partial charge < -0.3 is 20.3 Å². The molecule has 31 heavy (non-hydrogen) atoms. The van der Waals surface area contributed by atoms with Gasteiger partial charge in [0.2, 0.25) is 5.95 Å². The van der Waals surface area contributed by atoms with Gasteiger partial charge in [0.15, 0.2) is 5.82 Å². The number of hydrogen-bond acceptors (Lipinski definition) is 8. The molecule has 0 spiro atoms. The predicted molar refractivity (Wildman–Crippen MR) is 123 cm³/mol. The smallest absolute Gasteiger partial charge is 0.228 e. The maximum absolute atomic E-state index is 5.58. The molecule has 2 N–H and O–H groups in total. The summed E-state index contributed by atoms with van der Waals surface area (Å²) < 4.78 is 7.54. The van der Waals surface area contributed by atoms with Crippen molar-refractivity contribution in [3.63, 3.8) is 0 Å². The maximum atomic E-state index is 5.58. The van der Waals surface area contributed by atoms with E-state index < -0.39 is 0 Å². The van der Waals surface area contributed by atoms with Gasteiger partial charge in [-0.1, -0.05) is 13.0 Å². The third-order valence-corrected chi connectivity index (χ3v) is 5.38. The van der Waals surface area contributed by atoms with Crippen molar-refractivity contribution in [1.29, 1.82) is 0 Å². The fourth-order valence-corrected chi connectivity index (χ4v) is 4.10. The van der Waals surface area contributed by atoms with Crippen molar-refractivity contribution in [2.24, 2.45) is 0 Å². The zero-order valence-corrected chi connectivity index (χ0v) is 18.8. The highest BCUT2D eigenvalue weighted by Crippen LogP contribution is 2.29. The van der Waals surface area contributed by atoms with Crippen LogP contribution in [0.2, 0.25) is 0 Å². The van der Waals surface area contributed by atoms with E-state index in [-0.39, 0.29) is 0 Å². The lowest BCUT2D eigenvalue weighted by atomic mass is 10.1. The maximum Gasteiger partial charge on any atom is 0.228 e. The molecule has 9 heteroatoms. The molecule has 0 unspecified atom stereocenters. The monoisotopic (exact) mass is 424 g/mol. The molecule has 3 aromatic heterocycles. The summed E-state index contributed by atoms with van der Waals surface area (Å²) in [4.78, 5) is 16.6. The number of anilines is 3. The Morgan fingerprint density at radius 1 is 1.16 bits per heavy atom. The SMILES string of the molecule is CCOCCn1nc(CC)c2nc(N3C[C@@H](C)N[C@@H](C)C3)nc(Nc3ccccn3)c21. The summed E-state index contributed by atoms with van der Waals surface area (Å²) in [7, 11) is 0. The van der Waals surface area contributed by atoms with Crippen molar-refractivity contribution in [1.82, 2.24) is 30.0 Å². The molecular weight excluding hydrogens is 392 g/mol. The Balaban J connectivity index is 1.81. The second-order valence-electron chi connectivity index (χ2n) is 8.00. The van der Waals surface area contributed by atoms with Gasteiger partial charge in [-0.3, -0.25) is 4.68 Å². The summed E-state index contributed by atoms with van der Waals surface area (Å²) in [5.41, 5.74) is 2.75. The number of hydrogen-bond donors (Lipinski definition) is 2. The first-order valence-electron chi connectivity index (χ1n) is 11.1. The summed E-state index contributed by atoms with van der Waals surface area (Å²) in [6.07, 6.45) is 2.57. The summed E-state index contributed by atoms with van der Waals surface area (Å²) in [6.45, 7) is 12.1. The largest absolute Gasteiger partial charge is 0.380 e. The van der Waals surface area contributed by atoms with E-state index in [1.165, 1.54) is 0 Å². The minimum absolute atomic E-state index is 0.370. The molecule has 0 aliphatic carbocycles. The Labute approximate surface area is 183 Å². The zero-order chi connectivity index (χ0) is 21.8. The molecular formula is C22H32N8O. The number of aryl methyl sites for hydroxylation is 1. The third-order valence-electron chi connectivity index (χ3n) is 5.38. The lowest BCUT2D eigenvalue weighted by Crippen LogP contribution is -2.54. The molecule has 4 heterocycles. The number of nitrogens with zero attached hydrogens (tertiary/aromatic N) is 6. The van der Waals surface area contributed by atoms with Gasteiger partial charge >= 0.3 is 0 Å². The lowest BCUT2D eigenvalue weighted by molar-refractivity contribution is 0.137. The number of rotatable bonds is 8. The van der Waals surface area contributed by atoms with Gasteiger partial charge in [0.1, 0.15) is 16.9 Å². The first-order valence-corrected chi connectivity index (χ1v) is 11.1. The van der Waals surface area contributed by atoms with E-state index in [1.54, 1.807) is 6.20 Å². The van der Waals surface area contributed by atoms with E-state index in [4.69, 9.17) is 19.8 Å². The second-order valence-corrected chi connectivity index (χ2v) is 8.00. The van der Waals surface area contributed by atoms with E-state index >= 15 is 0 Å². The van der Waals surface area contributed by atoms with Crippen LogP contribution in [0.25, 0.3) is 11.0 Å². The molecule has 3 aromatic rings.